The Kier molecular flexibility index (Phi) is 4.69. The van der Waals surface area contributed by atoms with Crippen molar-refractivity contribution < 1.29 is 4.74 Å². The van der Waals surface area contributed by atoms with Crippen LogP contribution in [0.2, 0.25) is 5.02 Å². The van der Waals surface area contributed by atoms with Crippen LogP contribution in [0.4, 0.5) is 0 Å². The van der Waals surface area contributed by atoms with Crippen molar-refractivity contribution in [2.24, 2.45) is 0 Å². The highest BCUT2D eigenvalue weighted by Gasteiger charge is 2.18. The molecular formula is C17H20ClNO. The van der Waals surface area contributed by atoms with Gasteiger partial charge in [0.25, 0.3) is 0 Å². The minimum atomic E-state index is 0.0853. The number of rotatable bonds is 4. The molecule has 0 aliphatic rings. The fourth-order valence-electron chi connectivity index (χ4n) is 2.47. The maximum absolute atomic E-state index is 6.05. The Bertz CT molecular complexity index is 610. The molecule has 2 aromatic rings. The van der Waals surface area contributed by atoms with E-state index in [2.05, 4.69) is 37.4 Å². The van der Waals surface area contributed by atoms with Crippen molar-refractivity contribution in [3.05, 3.63) is 63.7 Å². The van der Waals surface area contributed by atoms with E-state index in [0.29, 0.717) is 5.02 Å². The van der Waals surface area contributed by atoms with Gasteiger partial charge in [0, 0.05) is 10.6 Å². The van der Waals surface area contributed by atoms with Gasteiger partial charge < -0.3 is 10.1 Å². The van der Waals surface area contributed by atoms with Crippen LogP contribution in [0.5, 0.6) is 5.75 Å². The molecule has 2 aromatic carbocycles. The lowest BCUT2D eigenvalue weighted by atomic mass is 9.93. The van der Waals surface area contributed by atoms with Crippen LogP contribution in [0.3, 0.4) is 0 Å². The maximum Gasteiger partial charge on any atom is 0.125 e. The van der Waals surface area contributed by atoms with E-state index in [-0.39, 0.29) is 6.04 Å². The molecule has 2 nitrogen and oxygen atoms in total. The number of hydrogen-bond donors (Lipinski definition) is 1. The average Bonchev–Trinajstić information content (AvgIpc) is 2.44. The molecule has 0 bridgehead atoms. The van der Waals surface area contributed by atoms with E-state index in [0.717, 1.165) is 11.3 Å². The number of halogens is 1. The van der Waals surface area contributed by atoms with Gasteiger partial charge in [0.1, 0.15) is 5.75 Å². The highest BCUT2D eigenvalue weighted by molar-refractivity contribution is 6.30. The molecule has 0 aliphatic carbocycles. The van der Waals surface area contributed by atoms with Gasteiger partial charge in [-0.2, -0.15) is 0 Å². The third-order valence-corrected chi connectivity index (χ3v) is 3.78. The maximum atomic E-state index is 6.05. The molecule has 0 amide bonds. The Morgan fingerprint density at radius 3 is 2.45 bits per heavy atom. The molecule has 0 aromatic heterocycles. The van der Waals surface area contributed by atoms with E-state index in [1.807, 2.05) is 25.2 Å². The van der Waals surface area contributed by atoms with Gasteiger partial charge in [0.15, 0.2) is 0 Å². The SMILES string of the molecule is CNC(c1cc(C)ccc1C)c1ccc(Cl)cc1OC. The fourth-order valence-corrected chi connectivity index (χ4v) is 2.63. The summed E-state index contributed by atoms with van der Waals surface area (Å²) in [6.45, 7) is 4.23. The van der Waals surface area contributed by atoms with Crippen molar-refractivity contribution in [1.82, 2.24) is 5.32 Å². The number of hydrogen-bond acceptors (Lipinski definition) is 2. The van der Waals surface area contributed by atoms with Crippen molar-refractivity contribution in [1.29, 1.82) is 0 Å². The molecule has 0 saturated carbocycles. The number of methoxy groups -OCH3 is 1. The highest BCUT2D eigenvalue weighted by atomic mass is 35.5. The first-order valence-corrected chi connectivity index (χ1v) is 7.02. The number of benzene rings is 2. The third-order valence-electron chi connectivity index (χ3n) is 3.54. The summed E-state index contributed by atoms with van der Waals surface area (Å²) in [5.41, 5.74) is 4.85. The zero-order valence-electron chi connectivity index (χ0n) is 12.3. The predicted octanol–water partition coefficient (Wildman–Crippen LogP) is 4.27. The quantitative estimate of drug-likeness (QED) is 0.907. The summed E-state index contributed by atoms with van der Waals surface area (Å²) in [6, 6.07) is 12.3. The van der Waals surface area contributed by atoms with Gasteiger partial charge in [0.2, 0.25) is 0 Å². The van der Waals surface area contributed by atoms with E-state index < -0.39 is 0 Å². The standard InChI is InChI=1S/C17H20ClNO/c1-11-5-6-12(2)15(9-11)17(19-3)14-8-7-13(18)10-16(14)20-4/h5-10,17,19H,1-4H3. The van der Waals surface area contributed by atoms with Crippen LogP contribution in [0.1, 0.15) is 28.3 Å². The summed E-state index contributed by atoms with van der Waals surface area (Å²) in [7, 11) is 3.63. The lowest BCUT2D eigenvalue weighted by Gasteiger charge is -2.22. The van der Waals surface area contributed by atoms with Crippen LogP contribution in [0, 0.1) is 13.8 Å². The van der Waals surface area contributed by atoms with Crippen LogP contribution in [0.15, 0.2) is 36.4 Å². The molecule has 106 valence electrons. The van der Waals surface area contributed by atoms with Crippen LogP contribution < -0.4 is 10.1 Å². The van der Waals surface area contributed by atoms with E-state index in [9.17, 15) is 0 Å². The Morgan fingerprint density at radius 1 is 1.05 bits per heavy atom. The summed E-state index contributed by atoms with van der Waals surface area (Å²) >= 11 is 6.05. The summed E-state index contributed by atoms with van der Waals surface area (Å²) in [5.74, 6) is 0.803. The molecule has 1 atom stereocenters. The van der Waals surface area contributed by atoms with Crippen LogP contribution in [-0.2, 0) is 0 Å². The Morgan fingerprint density at radius 2 is 1.80 bits per heavy atom. The van der Waals surface area contributed by atoms with E-state index in [1.54, 1.807) is 7.11 Å². The van der Waals surface area contributed by atoms with Gasteiger partial charge >= 0.3 is 0 Å². The number of ether oxygens (including phenoxy) is 1. The lowest BCUT2D eigenvalue weighted by Crippen LogP contribution is -2.19. The molecule has 0 heterocycles. The smallest absolute Gasteiger partial charge is 0.125 e. The first-order chi connectivity index (χ1) is 9.56. The van der Waals surface area contributed by atoms with Crippen molar-refractivity contribution in [2.75, 3.05) is 14.2 Å². The van der Waals surface area contributed by atoms with E-state index >= 15 is 0 Å². The zero-order valence-corrected chi connectivity index (χ0v) is 13.1. The summed E-state index contributed by atoms with van der Waals surface area (Å²) in [6.07, 6.45) is 0. The Balaban J connectivity index is 2.55. The van der Waals surface area contributed by atoms with Gasteiger partial charge in [-0.1, -0.05) is 41.4 Å². The molecule has 0 fully saturated rings. The molecule has 0 spiro atoms. The van der Waals surface area contributed by atoms with Crippen LogP contribution >= 0.6 is 11.6 Å². The number of nitrogens with one attached hydrogen (secondary N) is 1. The molecule has 20 heavy (non-hydrogen) atoms. The summed E-state index contributed by atoms with van der Waals surface area (Å²) in [5, 5.41) is 4.06. The highest BCUT2D eigenvalue weighted by Crippen LogP contribution is 2.33. The normalized spacial score (nSPS) is 12.2. The van der Waals surface area contributed by atoms with Gasteiger partial charge in [-0.3, -0.25) is 0 Å². The molecule has 3 heteroatoms. The van der Waals surface area contributed by atoms with E-state index in [1.165, 1.54) is 16.7 Å². The first-order valence-electron chi connectivity index (χ1n) is 6.64. The Labute approximate surface area is 125 Å². The molecule has 1 unspecified atom stereocenters. The van der Waals surface area contributed by atoms with Crippen molar-refractivity contribution in [3.8, 4) is 5.75 Å². The second-order valence-corrected chi connectivity index (χ2v) is 5.40. The summed E-state index contributed by atoms with van der Waals surface area (Å²) < 4.78 is 5.48. The van der Waals surface area contributed by atoms with Gasteiger partial charge in [0.05, 0.1) is 13.2 Å². The molecule has 1 N–H and O–H groups in total. The van der Waals surface area contributed by atoms with Crippen molar-refractivity contribution in [2.45, 2.75) is 19.9 Å². The largest absolute Gasteiger partial charge is 0.496 e. The third kappa shape index (κ3) is 2.97. The summed E-state index contributed by atoms with van der Waals surface area (Å²) in [4.78, 5) is 0. The van der Waals surface area contributed by atoms with Crippen LogP contribution in [0.25, 0.3) is 0 Å². The molecule has 0 saturated heterocycles. The fraction of sp³-hybridized carbons (Fsp3) is 0.294. The monoisotopic (exact) mass is 289 g/mol. The average molecular weight is 290 g/mol. The van der Waals surface area contributed by atoms with Crippen molar-refractivity contribution >= 4 is 11.6 Å². The first kappa shape index (κ1) is 14.9. The minimum Gasteiger partial charge on any atom is -0.496 e. The number of aryl methyl sites for hydroxylation is 2. The molecule has 2 rings (SSSR count). The van der Waals surface area contributed by atoms with Gasteiger partial charge in [-0.15, -0.1) is 0 Å². The second-order valence-electron chi connectivity index (χ2n) is 4.97. The topological polar surface area (TPSA) is 21.3 Å². The molecule has 0 radical (unpaired) electrons. The van der Waals surface area contributed by atoms with Gasteiger partial charge in [-0.05, 0) is 44.2 Å². The second kappa shape index (κ2) is 6.29. The minimum absolute atomic E-state index is 0.0853. The van der Waals surface area contributed by atoms with Crippen molar-refractivity contribution in [3.63, 3.8) is 0 Å². The Hall–Kier alpha value is -1.51. The molecule has 0 aliphatic heterocycles. The molecular weight excluding hydrogens is 270 g/mol. The van der Waals surface area contributed by atoms with Gasteiger partial charge in [-0.25, -0.2) is 0 Å². The van der Waals surface area contributed by atoms with E-state index in [4.69, 9.17) is 16.3 Å². The lowest BCUT2D eigenvalue weighted by molar-refractivity contribution is 0.405. The predicted molar refractivity (Wildman–Crippen MR) is 84.8 cm³/mol. The zero-order chi connectivity index (χ0) is 14.7. The van der Waals surface area contributed by atoms with Crippen LogP contribution in [-0.4, -0.2) is 14.2 Å².